The molecule has 0 unspecified atom stereocenters. The zero-order chi connectivity index (χ0) is 7.98. The molecule has 0 heterocycles. The van der Waals surface area contributed by atoms with E-state index in [1.807, 2.05) is 6.92 Å². The molecular formula is C7H17CaNO2. The molecule has 3 nitrogen and oxygen atoms in total. The first-order valence-electron chi connectivity index (χ1n) is 3.59. The SMILES string of the molecule is CCOC(=O)[C@H](C)CCN.[CaH2]. The van der Waals surface area contributed by atoms with Crippen LogP contribution in [0.5, 0.6) is 0 Å². The second kappa shape index (κ2) is 8.78. The van der Waals surface area contributed by atoms with E-state index >= 15 is 0 Å². The van der Waals surface area contributed by atoms with E-state index in [0.29, 0.717) is 19.6 Å². The first-order chi connectivity index (χ1) is 4.72. The van der Waals surface area contributed by atoms with Gasteiger partial charge in [-0.25, -0.2) is 0 Å². The standard InChI is InChI=1S/C7H15NO2.Ca.2H/c1-3-10-7(9)6(2)4-5-8;;;/h6H,3-5,8H2,1-2H3;;;/t6-;;;/m1.../s1. The van der Waals surface area contributed by atoms with Crippen molar-refractivity contribution in [1.82, 2.24) is 0 Å². The van der Waals surface area contributed by atoms with E-state index in [-0.39, 0.29) is 49.6 Å². The molecule has 11 heavy (non-hydrogen) atoms. The summed E-state index contributed by atoms with van der Waals surface area (Å²) < 4.78 is 4.76. The van der Waals surface area contributed by atoms with Gasteiger partial charge in [-0.3, -0.25) is 4.79 Å². The number of hydrogen-bond donors (Lipinski definition) is 1. The van der Waals surface area contributed by atoms with Crippen molar-refractivity contribution in [2.45, 2.75) is 20.3 Å². The van der Waals surface area contributed by atoms with Gasteiger partial charge < -0.3 is 10.5 Å². The molecule has 0 aromatic carbocycles. The molecule has 0 aliphatic rings. The summed E-state index contributed by atoms with van der Waals surface area (Å²) in [6, 6.07) is 0. The monoisotopic (exact) mass is 187 g/mol. The van der Waals surface area contributed by atoms with Gasteiger partial charge in [0.05, 0.1) is 12.5 Å². The zero-order valence-corrected chi connectivity index (χ0v) is 6.59. The maximum atomic E-state index is 10.9. The van der Waals surface area contributed by atoms with Crippen molar-refractivity contribution in [3.63, 3.8) is 0 Å². The molecule has 0 radical (unpaired) electrons. The molecule has 0 aromatic rings. The number of nitrogens with two attached hydrogens (primary N) is 1. The van der Waals surface area contributed by atoms with Crippen LogP contribution in [0, 0.1) is 5.92 Å². The average molecular weight is 187 g/mol. The molecular weight excluding hydrogens is 170 g/mol. The fraction of sp³-hybridized carbons (Fsp3) is 0.857. The molecule has 0 saturated heterocycles. The Morgan fingerprint density at radius 3 is 2.55 bits per heavy atom. The minimum atomic E-state index is -0.145. The van der Waals surface area contributed by atoms with Gasteiger partial charge in [-0.15, -0.1) is 0 Å². The van der Waals surface area contributed by atoms with Gasteiger partial charge in [0.2, 0.25) is 0 Å². The zero-order valence-electron chi connectivity index (χ0n) is 6.59. The van der Waals surface area contributed by atoms with E-state index in [4.69, 9.17) is 10.5 Å². The third-order valence-corrected chi connectivity index (χ3v) is 1.29. The van der Waals surface area contributed by atoms with E-state index in [9.17, 15) is 4.79 Å². The molecule has 4 heteroatoms. The summed E-state index contributed by atoms with van der Waals surface area (Å²) in [7, 11) is 0. The van der Waals surface area contributed by atoms with Gasteiger partial charge in [0.15, 0.2) is 0 Å². The van der Waals surface area contributed by atoms with Gasteiger partial charge in [0, 0.05) is 0 Å². The summed E-state index contributed by atoms with van der Waals surface area (Å²) in [5.74, 6) is -0.196. The van der Waals surface area contributed by atoms with E-state index in [1.54, 1.807) is 6.92 Å². The number of hydrogen-bond acceptors (Lipinski definition) is 3. The number of rotatable bonds is 4. The van der Waals surface area contributed by atoms with Crippen LogP contribution in [-0.2, 0) is 9.53 Å². The van der Waals surface area contributed by atoms with Crippen LogP contribution in [0.1, 0.15) is 20.3 Å². The number of carbonyl (C=O) groups is 1. The van der Waals surface area contributed by atoms with Gasteiger partial charge in [-0.05, 0) is 19.9 Å². The molecule has 0 rings (SSSR count). The molecule has 0 saturated carbocycles. The molecule has 0 amide bonds. The van der Waals surface area contributed by atoms with Crippen LogP contribution in [0.4, 0.5) is 0 Å². The molecule has 0 fully saturated rings. The van der Waals surface area contributed by atoms with Crippen molar-refractivity contribution in [2.24, 2.45) is 11.7 Å². The van der Waals surface area contributed by atoms with Crippen molar-refractivity contribution in [3.8, 4) is 0 Å². The van der Waals surface area contributed by atoms with Crippen molar-refractivity contribution in [3.05, 3.63) is 0 Å². The Bertz CT molecular complexity index is 109. The summed E-state index contributed by atoms with van der Waals surface area (Å²) in [6.07, 6.45) is 0.707. The molecule has 1 atom stereocenters. The third kappa shape index (κ3) is 7.06. The molecule has 0 aromatic heterocycles. The Morgan fingerprint density at radius 2 is 2.18 bits per heavy atom. The quantitative estimate of drug-likeness (QED) is 0.482. The fourth-order valence-corrected chi connectivity index (χ4v) is 0.652. The second-order valence-corrected chi connectivity index (χ2v) is 2.23. The molecule has 0 bridgehead atoms. The third-order valence-electron chi connectivity index (χ3n) is 1.29. The number of ether oxygens (including phenoxy) is 1. The van der Waals surface area contributed by atoms with Gasteiger partial charge in [-0.1, -0.05) is 6.92 Å². The van der Waals surface area contributed by atoms with E-state index in [0.717, 1.165) is 0 Å². The Hall–Kier alpha value is 0.690. The van der Waals surface area contributed by atoms with Crippen LogP contribution in [0.3, 0.4) is 0 Å². The van der Waals surface area contributed by atoms with E-state index < -0.39 is 0 Å². The minimum absolute atomic E-state index is 0. The first kappa shape index (κ1) is 14.2. The normalized spacial score (nSPS) is 11.5. The van der Waals surface area contributed by atoms with Crippen molar-refractivity contribution in [1.29, 1.82) is 0 Å². The predicted molar refractivity (Wildman–Crippen MR) is 48.0 cm³/mol. The molecule has 0 spiro atoms. The van der Waals surface area contributed by atoms with Gasteiger partial charge in [0.25, 0.3) is 0 Å². The van der Waals surface area contributed by atoms with Gasteiger partial charge >= 0.3 is 43.7 Å². The maximum absolute atomic E-state index is 10.9. The number of carbonyl (C=O) groups excluding carboxylic acids is 1. The first-order valence-corrected chi connectivity index (χ1v) is 3.59. The van der Waals surface area contributed by atoms with Crippen LogP contribution in [0.2, 0.25) is 0 Å². The van der Waals surface area contributed by atoms with Crippen LogP contribution < -0.4 is 5.73 Å². The summed E-state index contributed by atoms with van der Waals surface area (Å²) in [5, 5.41) is 0. The predicted octanol–water partition coefficient (Wildman–Crippen LogP) is -0.382. The van der Waals surface area contributed by atoms with E-state index in [1.165, 1.54) is 0 Å². The molecule has 64 valence electrons. The molecule has 2 N–H and O–H groups in total. The summed E-state index contributed by atoms with van der Waals surface area (Å²) >= 11 is 0. The summed E-state index contributed by atoms with van der Waals surface area (Å²) in [4.78, 5) is 10.9. The van der Waals surface area contributed by atoms with Crippen molar-refractivity contribution >= 4 is 43.7 Å². The topological polar surface area (TPSA) is 52.3 Å². The summed E-state index contributed by atoms with van der Waals surface area (Å²) in [5.41, 5.74) is 5.26. The van der Waals surface area contributed by atoms with Crippen LogP contribution >= 0.6 is 0 Å². The van der Waals surface area contributed by atoms with Crippen molar-refractivity contribution < 1.29 is 9.53 Å². The van der Waals surface area contributed by atoms with Gasteiger partial charge in [-0.2, -0.15) is 0 Å². The molecule has 0 aliphatic heterocycles. The van der Waals surface area contributed by atoms with E-state index in [2.05, 4.69) is 0 Å². The Morgan fingerprint density at radius 1 is 1.64 bits per heavy atom. The Labute approximate surface area is 97.7 Å². The van der Waals surface area contributed by atoms with Crippen molar-refractivity contribution in [2.75, 3.05) is 13.2 Å². The van der Waals surface area contributed by atoms with Gasteiger partial charge in [0.1, 0.15) is 0 Å². The summed E-state index contributed by atoms with van der Waals surface area (Å²) in [6.45, 7) is 4.62. The fourth-order valence-electron chi connectivity index (χ4n) is 0.652. The number of esters is 1. The average Bonchev–Trinajstić information content (AvgIpc) is 1.89. The second-order valence-electron chi connectivity index (χ2n) is 2.23. The Kier molecular flexibility index (Phi) is 11.4. The Balaban J connectivity index is 0. The van der Waals surface area contributed by atoms with Crippen LogP contribution in [0.25, 0.3) is 0 Å². The van der Waals surface area contributed by atoms with Crippen LogP contribution in [-0.4, -0.2) is 56.9 Å². The molecule has 0 aliphatic carbocycles. The van der Waals surface area contributed by atoms with Crippen LogP contribution in [0.15, 0.2) is 0 Å².